The van der Waals surface area contributed by atoms with Crippen LogP contribution in [-0.4, -0.2) is 40.1 Å². The minimum atomic E-state index is -0.566. The molecule has 0 aliphatic heterocycles. The van der Waals surface area contributed by atoms with Crippen LogP contribution in [0.15, 0.2) is 24.9 Å². The number of esters is 1. The van der Waals surface area contributed by atoms with Crippen molar-refractivity contribution in [1.29, 1.82) is 0 Å². The molecule has 2 rings (SSSR count). The first-order chi connectivity index (χ1) is 9.74. The SMILES string of the molecule is COCc1ncc(Nc2cncnc2)c(C(=O)OC)n1. The van der Waals surface area contributed by atoms with E-state index in [1.54, 1.807) is 12.4 Å². The van der Waals surface area contributed by atoms with E-state index in [1.807, 2.05) is 0 Å². The summed E-state index contributed by atoms with van der Waals surface area (Å²) in [7, 11) is 2.81. The van der Waals surface area contributed by atoms with Gasteiger partial charge in [0.25, 0.3) is 0 Å². The maximum atomic E-state index is 11.8. The Bertz CT molecular complexity index is 591. The van der Waals surface area contributed by atoms with Gasteiger partial charge in [-0.2, -0.15) is 0 Å². The summed E-state index contributed by atoms with van der Waals surface area (Å²) in [5.74, 6) is -0.174. The second kappa shape index (κ2) is 6.53. The molecule has 8 heteroatoms. The van der Waals surface area contributed by atoms with E-state index in [-0.39, 0.29) is 12.3 Å². The Labute approximate surface area is 115 Å². The van der Waals surface area contributed by atoms with Crippen molar-refractivity contribution in [2.45, 2.75) is 6.61 Å². The molecule has 0 amide bonds. The highest BCUT2D eigenvalue weighted by atomic mass is 16.5. The van der Waals surface area contributed by atoms with E-state index in [1.165, 1.54) is 26.7 Å². The van der Waals surface area contributed by atoms with Gasteiger partial charge in [-0.15, -0.1) is 0 Å². The van der Waals surface area contributed by atoms with Crippen molar-refractivity contribution >= 4 is 17.3 Å². The van der Waals surface area contributed by atoms with Crippen LogP contribution in [0.4, 0.5) is 11.4 Å². The molecule has 0 unspecified atom stereocenters. The molecular formula is C12H13N5O3. The van der Waals surface area contributed by atoms with Crippen molar-refractivity contribution in [3.63, 3.8) is 0 Å². The predicted molar refractivity (Wildman–Crippen MR) is 69.4 cm³/mol. The van der Waals surface area contributed by atoms with Crippen LogP contribution in [0.3, 0.4) is 0 Å². The van der Waals surface area contributed by atoms with Gasteiger partial charge in [0.2, 0.25) is 0 Å². The maximum Gasteiger partial charge on any atom is 0.358 e. The molecule has 0 radical (unpaired) electrons. The van der Waals surface area contributed by atoms with Gasteiger partial charge in [0.1, 0.15) is 12.9 Å². The van der Waals surface area contributed by atoms with Gasteiger partial charge in [-0.3, -0.25) is 0 Å². The third kappa shape index (κ3) is 3.23. The molecular weight excluding hydrogens is 262 g/mol. The molecule has 0 spiro atoms. The highest BCUT2D eigenvalue weighted by Crippen LogP contribution is 2.18. The van der Waals surface area contributed by atoms with Crippen LogP contribution in [0.1, 0.15) is 16.3 Å². The Hall–Kier alpha value is -2.61. The van der Waals surface area contributed by atoms with Crippen LogP contribution in [-0.2, 0) is 16.1 Å². The lowest BCUT2D eigenvalue weighted by Crippen LogP contribution is -2.12. The molecule has 2 aromatic rings. The van der Waals surface area contributed by atoms with Gasteiger partial charge in [-0.25, -0.2) is 24.7 Å². The van der Waals surface area contributed by atoms with E-state index in [2.05, 4.69) is 25.3 Å². The summed E-state index contributed by atoms with van der Waals surface area (Å²) in [6.45, 7) is 0.207. The van der Waals surface area contributed by atoms with Crippen molar-refractivity contribution in [3.05, 3.63) is 36.4 Å². The highest BCUT2D eigenvalue weighted by molar-refractivity contribution is 5.94. The molecule has 1 N–H and O–H groups in total. The smallest absolute Gasteiger partial charge is 0.358 e. The quantitative estimate of drug-likeness (QED) is 0.805. The highest BCUT2D eigenvalue weighted by Gasteiger charge is 2.16. The lowest BCUT2D eigenvalue weighted by atomic mass is 10.3. The minimum absolute atomic E-state index is 0.124. The number of hydrogen-bond donors (Lipinski definition) is 1. The normalized spacial score (nSPS) is 10.1. The summed E-state index contributed by atoms with van der Waals surface area (Å²) in [6.07, 6.45) is 6.03. The van der Waals surface area contributed by atoms with E-state index >= 15 is 0 Å². The fourth-order valence-corrected chi connectivity index (χ4v) is 1.48. The number of aromatic nitrogens is 4. The van der Waals surface area contributed by atoms with Gasteiger partial charge in [0, 0.05) is 7.11 Å². The first-order valence-corrected chi connectivity index (χ1v) is 5.69. The van der Waals surface area contributed by atoms with E-state index in [0.717, 1.165) is 0 Å². The number of rotatable bonds is 5. The fourth-order valence-electron chi connectivity index (χ4n) is 1.48. The van der Waals surface area contributed by atoms with Gasteiger partial charge in [0.05, 0.1) is 37.1 Å². The summed E-state index contributed by atoms with van der Waals surface area (Å²) >= 11 is 0. The third-order valence-corrected chi connectivity index (χ3v) is 2.33. The molecule has 0 aliphatic carbocycles. The number of nitrogens with zero attached hydrogens (tertiary/aromatic N) is 4. The number of nitrogens with one attached hydrogen (secondary N) is 1. The summed E-state index contributed by atoms with van der Waals surface area (Å²) < 4.78 is 9.64. The molecule has 2 aromatic heterocycles. The Morgan fingerprint density at radius 1 is 1.25 bits per heavy atom. The van der Waals surface area contributed by atoms with Crippen LogP contribution in [0, 0.1) is 0 Å². The zero-order chi connectivity index (χ0) is 14.4. The minimum Gasteiger partial charge on any atom is -0.464 e. The Morgan fingerprint density at radius 2 is 2.00 bits per heavy atom. The Morgan fingerprint density at radius 3 is 2.65 bits per heavy atom. The largest absolute Gasteiger partial charge is 0.464 e. The van der Waals surface area contributed by atoms with E-state index < -0.39 is 5.97 Å². The van der Waals surface area contributed by atoms with Crippen molar-refractivity contribution in [2.24, 2.45) is 0 Å². The maximum absolute atomic E-state index is 11.8. The van der Waals surface area contributed by atoms with Crippen LogP contribution >= 0.6 is 0 Å². The molecule has 0 aromatic carbocycles. The number of methoxy groups -OCH3 is 2. The predicted octanol–water partition coefficient (Wildman–Crippen LogP) is 0.943. The molecule has 0 saturated heterocycles. The van der Waals surface area contributed by atoms with Gasteiger partial charge in [-0.1, -0.05) is 0 Å². The zero-order valence-corrected chi connectivity index (χ0v) is 11.0. The summed E-state index contributed by atoms with van der Waals surface area (Å²) in [5.41, 5.74) is 1.14. The second-order valence-electron chi connectivity index (χ2n) is 3.73. The lowest BCUT2D eigenvalue weighted by molar-refractivity contribution is 0.0594. The van der Waals surface area contributed by atoms with E-state index in [0.29, 0.717) is 17.2 Å². The van der Waals surface area contributed by atoms with Crippen LogP contribution in [0.25, 0.3) is 0 Å². The topological polar surface area (TPSA) is 99.1 Å². The van der Waals surface area contributed by atoms with Crippen molar-refractivity contribution in [1.82, 2.24) is 19.9 Å². The molecule has 0 saturated carbocycles. The first kappa shape index (κ1) is 13.8. The molecule has 20 heavy (non-hydrogen) atoms. The van der Waals surface area contributed by atoms with Crippen molar-refractivity contribution in [2.75, 3.05) is 19.5 Å². The zero-order valence-electron chi connectivity index (χ0n) is 11.0. The first-order valence-electron chi connectivity index (χ1n) is 5.69. The van der Waals surface area contributed by atoms with Crippen molar-refractivity contribution < 1.29 is 14.3 Å². The Balaban J connectivity index is 2.33. The third-order valence-electron chi connectivity index (χ3n) is 2.33. The van der Waals surface area contributed by atoms with Crippen molar-refractivity contribution in [3.8, 4) is 0 Å². The van der Waals surface area contributed by atoms with Gasteiger partial charge in [-0.05, 0) is 0 Å². The molecule has 0 atom stereocenters. The fraction of sp³-hybridized carbons (Fsp3) is 0.250. The number of hydrogen-bond acceptors (Lipinski definition) is 8. The molecule has 0 aliphatic rings. The summed E-state index contributed by atoms with van der Waals surface area (Å²) in [6, 6.07) is 0. The molecule has 8 nitrogen and oxygen atoms in total. The van der Waals surface area contributed by atoms with Gasteiger partial charge < -0.3 is 14.8 Å². The number of anilines is 2. The number of ether oxygens (including phenoxy) is 2. The van der Waals surface area contributed by atoms with Crippen LogP contribution in [0.5, 0.6) is 0 Å². The van der Waals surface area contributed by atoms with Gasteiger partial charge >= 0.3 is 5.97 Å². The molecule has 2 heterocycles. The van der Waals surface area contributed by atoms with Crippen LogP contribution in [0.2, 0.25) is 0 Å². The average molecular weight is 275 g/mol. The standard InChI is InChI=1S/C12H13N5O3/c1-19-6-10-15-5-9(11(17-10)12(18)20-2)16-8-3-13-7-14-4-8/h3-5,7,16H,6H2,1-2H3. The molecule has 104 valence electrons. The summed E-state index contributed by atoms with van der Waals surface area (Å²) in [4.78, 5) is 27.7. The van der Waals surface area contributed by atoms with Crippen LogP contribution < -0.4 is 5.32 Å². The average Bonchev–Trinajstić information content (AvgIpc) is 2.49. The molecule has 0 fully saturated rings. The number of carbonyl (C=O) groups excluding carboxylic acids is 1. The second-order valence-corrected chi connectivity index (χ2v) is 3.73. The van der Waals surface area contributed by atoms with Gasteiger partial charge in [0.15, 0.2) is 11.5 Å². The lowest BCUT2D eigenvalue weighted by Gasteiger charge is -2.10. The number of carbonyl (C=O) groups is 1. The molecule has 0 bridgehead atoms. The summed E-state index contributed by atoms with van der Waals surface area (Å²) in [5, 5.41) is 2.97. The van der Waals surface area contributed by atoms with E-state index in [9.17, 15) is 4.79 Å². The van der Waals surface area contributed by atoms with E-state index in [4.69, 9.17) is 9.47 Å². The monoisotopic (exact) mass is 275 g/mol. The Kier molecular flexibility index (Phi) is 4.51.